The van der Waals surface area contributed by atoms with Gasteiger partial charge in [-0.15, -0.1) is 0 Å². The maximum absolute atomic E-state index is 7.75. The Morgan fingerprint density at radius 3 is 0.364 bits per heavy atom. The van der Waals surface area contributed by atoms with E-state index in [1.165, 1.54) is 0 Å². The molecular weight excluding hydrogens is 236 g/mol. The van der Waals surface area contributed by atoms with Crippen molar-refractivity contribution in [1.82, 2.24) is 0 Å². The molecule has 0 unspecified atom stereocenters. The smallest absolute Gasteiger partial charge is 0 e. The minimum Gasteiger partial charge on any atom is -0.545 e. The summed E-state index contributed by atoms with van der Waals surface area (Å²) in [6, 6.07) is 0. The summed E-state index contributed by atoms with van der Waals surface area (Å²) in [7, 11) is 0. The summed E-state index contributed by atoms with van der Waals surface area (Å²) in [5.74, 6) is 0. The van der Waals surface area contributed by atoms with Gasteiger partial charge >= 0.3 is 0 Å². The molecule has 66 valence electrons. The molecule has 0 N–H and O–H groups in total. The molecule has 0 amide bonds. The molecule has 0 aliphatic heterocycles. The molecule has 0 saturated heterocycles. The molecule has 0 bridgehead atoms. The van der Waals surface area contributed by atoms with Crippen LogP contribution in [0.25, 0.3) is 0 Å². The van der Waals surface area contributed by atoms with Gasteiger partial charge in [0.1, 0.15) is 0 Å². The first-order valence-corrected chi connectivity index (χ1v) is 1.18. The topological polar surface area (TPSA) is 85.3 Å². The fourth-order valence-electron chi connectivity index (χ4n) is 0. The first-order chi connectivity index (χ1) is 5.00. The zero-order chi connectivity index (χ0) is 10.0. The van der Waals surface area contributed by atoms with Crippen LogP contribution in [-0.4, -0.2) is 33.9 Å². The number of carbonyl (C=O) groups excluding carboxylic acids is 5. The van der Waals surface area contributed by atoms with Gasteiger partial charge in [0.2, 0.25) is 0 Å². The monoisotopic (exact) mass is 243 g/mol. The minimum atomic E-state index is 0. The van der Waals surface area contributed by atoms with Gasteiger partial charge in [-0.2, -0.15) is 0 Å². The molecule has 0 atom stereocenters. The van der Waals surface area contributed by atoms with Gasteiger partial charge in [-0.25, -0.2) is 0 Å². The van der Waals surface area contributed by atoms with Crippen LogP contribution in [0.2, 0.25) is 0 Å². The maximum Gasteiger partial charge on any atom is 0 e. The Kier molecular flexibility index (Phi) is 2890. The van der Waals surface area contributed by atoms with E-state index in [4.69, 9.17) is 24.0 Å². The van der Waals surface area contributed by atoms with Gasteiger partial charge in [0.05, 0.1) is 0 Å². The van der Waals surface area contributed by atoms with Gasteiger partial charge < -0.3 is 24.0 Å². The third-order valence-corrected chi connectivity index (χ3v) is 0. The SMILES string of the molecule is [CH-]=O.[CH-]=O.[CH-]=O.[CH-]=O.[CH-]=O.[Mo]. The third kappa shape index (κ3) is 484. The van der Waals surface area contributed by atoms with Crippen LogP contribution in [0.3, 0.4) is 0 Å². The van der Waals surface area contributed by atoms with Crippen LogP contribution < -0.4 is 0 Å². The average Bonchev–Trinajstić information content (AvgIpc) is 2.20. The summed E-state index contributed by atoms with van der Waals surface area (Å²) in [4.78, 5) is 38.8. The van der Waals surface area contributed by atoms with E-state index in [2.05, 4.69) is 33.9 Å². The van der Waals surface area contributed by atoms with Crippen molar-refractivity contribution < 1.29 is 45.0 Å². The van der Waals surface area contributed by atoms with Gasteiger partial charge in [0, 0.05) is 21.1 Å². The van der Waals surface area contributed by atoms with Crippen molar-refractivity contribution in [1.29, 1.82) is 0 Å². The van der Waals surface area contributed by atoms with E-state index in [0.29, 0.717) is 0 Å². The third-order valence-electron chi connectivity index (χ3n) is 0. The van der Waals surface area contributed by atoms with Crippen LogP contribution in [0.1, 0.15) is 0 Å². The molecule has 11 heavy (non-hydrogen) atoms. The van der Waals surface area contributed by atoms with E-state index in [0.717, 1.165) is 0 Å². The fourth-order valence-corrected chi connectivity index (χ4v) is 0. The van der Waals surface area contributed by atoms with Crippen molar-refractivity contribution in [3.05, 3.63) is 0 Å². The molecular formula is C5H5MoO5-5. The van der Waals surface area contributed by atoms with Gasteiger partial charge in [-0.1, -0.05) is 0 Å². The Hall–Kier alpha value is -0.962. The van der Waals surface area contributed by atoms with Crippen LogP contribution in [-0.2, 0) is 45.0 Å². The second-order valence-corrected chi connectivity index (χ2v) is 0. The molecule has 0 aromatic carbocycles. The predicted molar refractivity (Wildman–Crippen MR) is 33.8 cm³/mol. The number of rotatable bonds is 0. The summed E-state index contributed by atoms with van der Waals surface area (Å²) in [5, 5.41) is 0. The zero-order valence-electron chi connectivity index (χ0n) is 5.34. The van der Waals surface area contributed by atoms with E-state index >= 15 is 0 Å². The van der Waals surface area contributed by atoms with Crippen molar-refractivity contribution in [2.75, 3.05) is 0 Å². The molecule has 6 heteroatoms. The van der Waals surface area contributed by atoms with Crippen molar-refractivity contribution in [3.63, 3.8) is 0 Å². The summed E-state index contributed by atoms with van der Waals surface area (Å²) in [6.45, 7) is 16.2. The first kappa shape index (κ1) is 50.3. The Bertz CT molecular complexity index is 26.4. The van der Waals surface area contributed by atoms with Gasteiger partial charge in [0.15, 0.2) is 0 Å². The molecule has 0 heterocycles. The number of hydrogen-bond acceptors (Lipinski definition) is 5. The van der Waals surface area contributed by atoms with E-state index in [1.54, 1.807) is 0 Å². The second-order valence-electron chi connectivity index (χ2n) is 0. The summed E-state index contributed by atoms with van der Waals surface area (Å²) < 4.78 is 0. The molecule has 0 fully saturated rings. The van der Waals surface area contributed by atoms with Gasteiger partial charge in [0.25, 0.3) is 0 Å². The predicted octanol–water partition coefficient (Wildman–Crippen LogP) is -1.37. The van der Waals surface area contributed by atoms with Crippen molar-refractivity contribution in [2.24, 2.45) is 0 Å². The first-order valence-electron chi connectivity index (χ1n) is 1.18. The van der Waals surface area contributed by atoms with Gasteiger partial charge in [-0.05, 0) is 0 Å². The van der Waals surface area contributed by atoms with Crippen LogP contribution in [0.4, 0.5) is 0 Å². The largest absolute Gasteiger partial charge is 0.545 e. The normalized spacial score (nSPS) is 1.82. The van der Waals surface area contributed by atoms with Crippen molar-refractivity contribution >= 4 is 33.9 Å². The van der Waals surface area contributed by atoms with Gasteiger partial charge in [-0.3, -0.25) is 33.9 Å². The Balaban J connectivity index is -0.00000000694. The Morgan fingerprint density at radius 1 is 0.364 bits per heavy atom. The van der Waals surface area contributed by atoms with E-state index < -0.39 is 0 Å². The molecule has 0 aliphatic rings. The van der Waals surface area contributed by atoms with Crippen LogP contribution >= 0.6 is 0 Å². The average molecular weight is 241 g/mol. The van der Waals surface area contributed by atoms with Crippen LogP contribution in [0.5, 0.6) is 0 Å². The maximum atomic E-state index is 7.75. The quantitative estimate of drug-likeness (QED) is 0.296. The molecule has 0 radical (unpaired) electrons. The van der Waals surface area contributed by atoms with E-state index in [-0.39, 0.29) is 21.1 Å². The van der Waals surface area contributed by atoms with Crippen LogP contribution in [0.15, 0.2) is 0 Å². The molecule has 0 aromatic rings. The van der Waals surface area contributed by atoms with Crippen molar-refractivity contribution in [2.45, 2.75) is 0 Å². The standard InChI is InChI=1S/5CHO.Mo/c5*1-2;/h5*1H;/q5*-1;. The summed E-state index contributed by atoms with van der Waals surface area (Å²) >= 11 is 0. The minimum absolute atomic E-state index is 0. The second kappa shape index (κ2) is 631. The summed E-state index contributed by atoms with van der Waals surface area (Å²) in [5.41, 5.74) is 0. The molecule has 5 nitrogen and oxygen atoms in total. The zero-order valence-corrected chi connectivity index (χ0v) is 7.34. The molecule has 0 saturated carbocycles. The Morgan fingerprint density at radius 2 is 0.364 bits per heavy atom. The summed E-state index contributed by atoms with van der Waals surface area (Å²) in [6.07, 6.45) is 0. The molecule has 0 spiro atoms. The van der Waals surface area contributed by atoms with Crippen LogP contribution in [0, 0.1) is 0 Å². The Labute approximate surface area is 79.4 Å². The van der Waals surface area contributed by atoms with E-state index in [1.807, 2.05) is 0 Å². The molecule has 0 aliphatic carbocycles. The fraction of sp³-hybridized carbons (Fsp3) is 0. The number of hydrogen-bond donors (Lipinski definition) is 0. The van der Waals surface area contributed by atoms with E-state index in [9.17, 15) is 0 Å². The molecule has 0 rings (SSSR count). The molecule has 0 aromatic heterocycles. The van der Waals surface area contributed by atoms with Crippen molar-refractivity contribution in [3.8, 4) is 0 Å².